The molecule has 3 heterocycles. The number of β-amino-alcohol motifs (C(OH)–C–C–N with tert-alkyl or cyclic N) is 2. The monoisotopic (exact) mass is 283 g/mol. The molecule has 3 rings (SSSR count). The van der Waals surface area contributed by atoms with Gasteiger partial charge in [0.05, 0.1) is 30.3 Å². The lowest BCUT2D eigenvalue weighted by Crippen LogP contribution is -2.23. The second-order valence-electron chi connectivity index (χ2n) is 4.76. The molecular weight excluding hydrogens is 270 g/mol. The number of hydrogen-bond donors (Lipinski definition) is 2. The van der Waals surface area contributed by atoms with Crippen molar-refractivity contribution in [3.8, 4) is 0 Å². The van der Waals surface area contributed by atoms with Crippen LogP contribution in [0.2, 0.25) is 5.15 Å². The Morgan fingerprint density at radius 1 is 1.32 bits per heavy atom. The first kappa shape index (κ1) is 12.7. The van der Waals surface area contributed by atoms with Gasteiger partial charge in [-0.2, -0.15) is 5.10 Å². The predicted molar refractivity (Wildman–Crippen MR) is 68.6 cm³/mol. The molecule has 2 N–H and O–H groups in total. The van der Waals surface area contributed by atoms with E-state index >= 15 is 0 Å². The van der Waals surface area contributed by atoms with Gasteiger partial charge in [0.2, 0.25) is 0 Å². The van der Waals surface area contributed by atoms with Gasteiger partial charge in [-0.15, -0.1) is 0 Å². The van der Waals surface area contributed by atoms with Crippen LogP contribution in [0.25, 0.3) is 11.0 Å². The lowest BCUT2D eigenvalue weighted by atomic mass is 10.3. The minimum atomic E-state index is -0.712. The molecule has 1 saturated heterocycles. The third kappa shape index (κ3) is 2.30. The maximum absolute atomic E-state index is 9.51. The number of halogens is 1. The minimum absolute atomic E-state index is 0.369. The van der Waals surface area contributed by atoms with Crippen molar-refractivity contribution in [2.45, 2.75) is 18.8 Å². The highest BCUT2D eigenvalue weighted by Gasteiger charge is 2.30. The number of aliphatic hydroxyl groups excluding tert-OH is 2. The van der Waals surface area contributed by atoms with Crippen molar-refractivity contribution in [3.05, 3.63) is 17.2 Å². The average Bonchev–Trinajstić information content (AvgIpc) is 2.85. The maximum atomic E-state index is 9.51. The van der Waals surface area contributed by atoms with E-state index in [9.17, 15) is 10.2 Å². The molecule has 8 heteroatoms. The van der Waals surface area contributed by atoms with Crippen LogP contribution in [0.15, 0.2) is 6.20 Å². The van der Waals surface area contributed by atoms with Crippen LogP contribution in [0, 0.1) is 0 Å². The van der Waals surface area contributed by atoms with Gasteiger partial charge in [0.25, 0.3) is 0 Å². The fourth-order valence-corrected chi connectivity index (χ4v) is 2.51. The fourth-order valence-electron chi connectivity index (χ4n) is 2.28. The van der Waals surface area contributed by atoms with Crippen molar-refractivity contribution < 1.29 is 10.2 Å². The molecule has 2 atom stereocenters. The molecule has 0 amide bonds. The van der Waals surface area contributed by atoms with E-state index in [0.717, 1.165) is 5.39 Å². The van der Waals surface area contributed by atoms with E-state index in [1.165, 1.54) is 0 Å². The summed E-state index contributed by atoms with van der Waals surface area (Å²) in [4.78, 5) is 10.5. The number of hydrogen-bond acceptors (Lipinski definition) is 6. The minimum Gasteiger partial charge on any atom is -0.389 e. The molecule has 19 heavy (non-hydrogen) atoms. The Bertz CT molecular complexity index is 606. The zero-order chi connectivity index (χ0) is 13.6. The van der Waals surface area contributed by atoms with Gasteiger partial charge >= 0.3 is 0 Å². The molecule has 0 aromatic carbocycles. The normalized spacial score (nSPS) is 24.4. The van der Waals surface area contributed by atoms with Crippen LogP contribution in [-0.4, -0.2) is 60.2 Å². The van der Waals surface area contributed by atoms with Crippen LogP contribution in [0.3, 0.4) is 0 Å². The zero-order valence-corrected chi connectivity index (χ0v) is 11.1. The van der Waals surface area contributed by atoms with Gasteiger partial charge in [0.15, 0.2) is 5.65 Å². The first-order valence-corrected chi connectivity index (χ1v) is 6.35. The Morgan fingerprint density at radius 3 is 2.68 bits per heavy atom. The molecule has 0 spiro atoms. The van der Waals surface area contributed by atoms with Gasteiger partial charge in [-0.25, -0.2) is 9.97 Å². The average molecular weight is 284 g/mol. The van der Waals surface area contributed by atoms with Crippen molar-refractivity contribution in [3.63, 3.8) is 0 Å². The summed E-state index contributed by atoms with van der Waals surface area (Å²) in [7, 11) is 1.79. The maximum Gasteiger partial charge on any atom is 0.162 e. The Kier molecular flexibility index (Phi) is 3.14. The van der Waals surface area contributed by atoms with Crippen LogP contribution < -0.4 is 0 Å². The molecule has 2 aromatic rings. The molecule has 1 fully saturated rings. The van der Waals surface area contributed by atoms with Crippen LogP contribution in [0.4, 0.5) is 0 Å². The summed E-state index contributed by atoms with van der Waals surface area (Å²) in [5.41, 5.74) is 0.676. The molecule has 1 aliphatic heterocycles. The molecule has 0 aliphatic carbocycles. The second-order valence-corrected chi connectivity index (χ2v) is 5.12. The number of rotatable bonds is 2. The number of nitrogens with zero attached hydrogens (tertiary/aromatic N) is 5. The Morgan fingerprint density at radius 2 is 2.00 bits per heavy atom. The highest BCUT2D eigenvalue weighted by Crippen LogP contribution is 2.20. The van der Waals surface area contributed by atoms with Crippen LogP contribution in [-0.2, 0) is 13.6 Å². The van der Waals surface area contributed by atoms with E-state index in [4.69, 9.17) is 11.6 Å². The topological polar surface area (TPSA) is 87.3 Å². The Balaban J connectivity index is 1.87. The van der Waals surface area contributed by atoms with E-state index in [1.54, 1.807) is 17.9 Å². The smallest absolute Gasteiger partial charge is 0.162 e. The lowest BCUT2D eigenvalue weighted by molar-refractivity contribution is 0.0572. The van der Waals surface area contributed by atoms with Crippen molar-refractivity contribution in [1.29, 1.82) is 0 Å². The molecule has 2 aromatic heterocycles. The standard InChI is InChI=1S/C11H14ClN5O2/c1-16-11-6(2-13-16)10(12)14-9(15-11)5-17-3-7(18)8(19)4-17/h2,7-8,18-19H,3-5H2,1H3. The van der Waals surface area contributed by atoms with Gasteiger partial charge in [-0.3, -0.25) is 9.58 Å². The Hall–Kier alpha value is -1.28. The third-order valence-corrected chi connectivity index (χ3v) is 3.58. The first-order chi connectivity index (χ1) is 9.04. The molecule has 102 valence electrons. The molecule has 1 aliphatic rings. The number of aryl methyl sites for hydroxylation is 1. The summed E-state index contributed by atoms with van der Waals surface area (Å²) in [6.45, 7) is 1.26. The van der Waals surface area contributed by atoms with Gasteiger partial charge in [0, 0.05) is 20.1 Å². The molecule has 7 nitrogen and oxygen atoms in total. The van der Waals surface area contributed by atoms with E-state index in [-0.39, 0.29) is 0 Å². The van der Waals surface area contributed by atoms with Crippen LogP contribution in [0.5, 0.6) is 0 Å². The van der Waals surface area contributed by atoms with E-state index < -0.39 is 12.2 Å². The van der Waals surface area contributed by atoms with Gasteiger partial charge in [0.1, 0.15) is 11.0 Å². The van der Waals surface area contributed by atoms with Crippen molar-refractivity contribution >= 4 is 22.6 Å². The number of fused-ring (bicyclic) bond motifs is 1. The fraction of sp³-hybridized carbons (Fsp3) is 0.545. The molecule has 0 radical (unpaired) electrons. The highest BCUT2D eigenvalue weighted by molar-refractivity contribution is 6.33. The zero-order valence-electron chi connectivity index (χ0n) is 10.4. The van der Waals surface area contributed by atoms with Gasteiger partial charge < -0.3 is 10.2 Å². The summed E-state index contributed by atoms with van der Waals surface area (Å²) in [6, 6.07) is 0. The Labute approximate surface area is 114 Å². The quantitative estimate of drug-likeness (QED) is 0.726. The lowest BCUT2D eigenvalue weighted by Gasteiger charge is -2.13. The van der Waals surface area contributed by atoms with Crippen molar-refractivity contribution in [2.24, 2.45) is 7.05 Å². The molecular formula is C11H14ClN5O2. The third-order valence-electron chi connectivity index (χ3n) is 3.29. The number of aliphatic hydroxyl groups is 2. The summed E-state index contributed by atoms with van der Waals surface area (Å²) in [5, 5.41) is 24.2. The molecule has 0 bridgehead atoms. The highest BCUT2D eigenvalue weighted by atomic mass is 35.5. The van der Waals surface area contributed by atoms with Crippen LogP contribution >= 0.6 is 11.6 Å². The first-order valence-electron chi connectivity index (χ1n) is 5.97. The van der Waals surface area contributed by atoms with Crippen molar-refractivity contribution in [1.82, 2.24) is 24.6 Å². The summed E-state index contributed by atoms with van der Waals surface area (Å²) in [5.74, 6) is 0.558. The summed E-state index contributed by atoms with van der Waals surface area (Å²) < 4.78 is 1.64. The van der Waals surface area contributed by atoms with Crippen molar-refractivity contribution in [2.75, 3.05) is 13.1 Å². The van der Waals surface area contributed by atoms with E-state index in [0.29, 0.717) is 36.3 Å². The van der Waals surface area contributed by atoms with E-state index in [1.807, 2.05) is 4.90 Å². The van der Waals surface area contributed by atoms with Gasteiger partial charge in [-0.1, -0.05) is 11.6 Å². The summed E-state index contributed by atoms with van der Waals surface area (Å²) >= 11 is 6.10. The molecule has 0 saturated carbocycles. The number of aromatic nitrogens is 4. The predicted octanol–water partition coefficient (Wildman–Crippen LogP) is -0.446. The van der Waals surface area contributed by atoms with E-state index in [2.05, 4.69) is 15.1 Å². The second kappa shape index (κ2) is 4.68. The largest absolute Gasteiger partial charge is 0.389 e. The summed E-state index contributed by atoms with van der Waals surface area (Å²) in [6.07, 6.45) is 0.206. The molecule has 2 unspecified atom stereocenters. The number of likely N-dealkylation sites (tertiary alicyclic amines) is 1. The van der Waals surface area contributed by atoms with Gasteiger partial charge in [-0.05, 0) is 0 Å². The SMILES string of the molecule is Cn1ncc2c(Cl)nc(CN3CC(O)C(O)C3)nc21. The van der Waals surface area contributed by atoms with Crippen LogP contribution in [0.1, 0.15) is 5.82 Å².